The zero-order valence-corrected chi connectivity index (χ0v) is 15.0. The number of aliphatic imine (C=N–C) groups is 1. The molecule has 0 aliphatic rings. The van der Waals surface area contributed by atoms with E-state index in [-0.39, 0.29) is 12.1 Å². The van der Waals surface area contributed by atoms with E-state index in [4.69, 9.17) is 9.47 Å². The smallest absolute Gasteiger partial charge is 0.410 e. The van der Waals surface area contributed by atoms with Gasteiger partial charge in [-0.1, -0.05) is 0 Å². The number of carbonyl (C=O) groups excluding carboxylic acids is 1. The Morgan fingerprint density at radius 1 is 1.36 bits per heavy atom. The summed E-state index contributed by atoms with van der Waals surface area (Å²) in [5, 5.41) is 6.40. The molecular weight excluding hydrogens is 284 g/mol. The van der Waals surface area contributed by atoms with Crippen molar-refractivity contribution in [2.45, 2.75) is 46.3 Å². The van der Waals surface area contributed by atoms with Crippen LogP contribution < -0.4 is 10.6 Å². The minimum atomic E-state index is -0.485. The highest BCUT2D eigenvalue weighted by molar-refractivity contribution is 5.80. The monoisotopic (exact) mass is 316 g/mol. The lowest BCUT2D eigenvalue weighted by Gasteiger charge is -2.24. The average molecular weight is 316 g/mol. The highest BCUT2D eigenvalue weighted by Crippen LogP contribution is 2.08. The maximum atomic E-state index is 11.8. The summed E-state index contributed by atoms with van der Waals surface area (Å²) in [6, 6.07) is 0.159. The van der Waals surface area contributed by atoms with Gasteiger partial charge in [-0.25, -0.2) is 4.79 Å². The molecule has 0 fully saturated rings. The maximum Gasteiger partial charge on any atom is 0.410 e. The first-order chi connectivity index (χ1) is 10.2. The number of methoxy groups -OCH3 is 1. The molecule has 22 heavy (non-hydrogen) atoms. The van der Waals surface area contributed by atoms with Crippen LogP contribution in [0.25, 0.3) is 0 Å². The molecule has 0 saturated heterocycles. The fraction of sp³-hybridized carbons (Fsp3) is 0.867. The highest BCUT2D eigenvalue weighted by atomic mass is 16.6. The van der Waals surface area contributed by atoms with Gasteiger partial charge in [0.25, 0.3) is 0 Å². The van der Waals surface area contributed by atoms with Crippen LogP contribution in [0.4, 0.5) is 4.79 Å². The van der Waals surface area contributed by atoms with Crippen molar-refractivity contribution in [2.24, 2.45) is 4.99 Å². The summed E-state index contributed by atoms with van der Waals surface area (Å²) in [6.07, 6.45) is -0.339. The number of nitrogens with zero attached hydrogens (tertiary/aromatic N) is 2. The summed E-state index contributed by atoms with van der Waals surface area (Å²) in [7, 11) is 3.37. The Hall–Kier alpha value is -1.50. The Balaban J connectivity index is 4.35. The van der Waals surface area contributed by atoms with Crippen molar-refractivity contribution in [1.29, 1.82) is 0 Å². The van der Waals surface area contributed by atoms with Crippen molar-refractivity contribution in [3.8, 4) is 0 Å². The maximum absolute atomic E-state index is 11.8. The molecule has 7 heteroatoms. The molecule has 0 spiro atoms. The number of likely N-dealkylation sites (N-methyl/N-ethyl adjacent to an activating group) is 1. The van der Waals surface area contributed by atoms with Crippen molar-refractivity contribution in [2.75, 3.05) is 40.4 Å². The van der Waals surface area contributed by atoms with Crippen LogP contribution in [0.15, 0.2) is 4.99 Å². The largest absolute Gasteiger partial charge is 0.444 e. The molecule has 130 valence electrons. The van der Waals surface area contributed by atoms with E-state index in [1.807, 2.05) is 34.6 Å². The molecule has 1 unspecified atom stereocenters. The van der Waals surface area contributed by atoms with Gasteiger partial charge in [-0.2, -0.15) is 0 Å². The molecule has 0 aromatic carbocycles. The number of rotatable bonds is 7. The summed E-state index contributed by atoms with van der Waals surface area (Å²) in [5.74, 6) is 0.713. The standard InChI is InChI=1S/C15H32N4O3/c1-8-16-13(18-12(2)11-21-7)17-9-10-19(6)14(20)22-15(3,4)5/h12H,8-11H2,1-7H3,(H2,16,17,18). The molecule has 0 aromatic heterocycles. The lowest BCUT2D eigenvalue weighted by atomic mass is 10.2. The summed E-state index contributed by atoms with van der Waals surface area (Å²) in [5.41, 5.74) is -0.485. The first-order valence-electron chi connectivity index (χ1n) is 7.67. The van der Waals surface area contributed by atoms with Crippen molar-refractivity contribution in [3.05, 3.63) is 0 Å². The first kappa shape index (κ1) is 20.5. The van der Waals surface area contributed by atoms with Crippen molar-refractivity contribution in [1.82, 2.24) is 15.5 Å². The van der Waals surface area contributed by atoms with Crippen LogP contribution in [0.1, 0.15) is 34.6 Å². The van der Waals surface area contributed by atoms with Gasteiger partial charge < -0.3 is 25.0 Å². The second kappa shape index (κ2) is 10.3. The predicted molar refractivity (Wildman–Crippen MR) is 89.3 cm³/mol. The van der Waals surface area contributed by atoms with E-state index in [2.05, 4.69) is 15.6 Å². The van der Waals surface area contributed by atoms with E-state index in [9.17, 15) is 4.79 Å². The van der Waals surface area contributed by atoms with Gasteiger partial charge in [0, 0.05) is 33.3 Å². The Bertz CT molecular complexity index is 353. The number of hydrogen-bond donors (Lipinski definition) is 2. The molecule has 7 nitrogen and oxygen atoms in total. The van der Waals surface area contributed by atoms with E-state index in [0.29, 0.717) is 25.7 Å². The quantitative estimate of drug-likeness (QED) is 0.549. The van der Waals surface area contributed by atoms with Crippen LogP contribution in [0.3, 0.4) is 0 Å². The van der Waals surface area contributed by atoms with E-state index in [1.54, 1.807) is 14.2 Å². The van der Waals surface area contributed by atoms with Gasteiger partial charge in [0.15, 0.2) is 5.96 Å². The van der Waals surface area contributed by atoms with E-state index in [0.717, 1.165) is 6.54 Å². The number of hydrogen-bond acceptors (Lipinski definition) is 4. The number of guanidine groups is 1. The van der Waals surface area contributed by atoms with Crippen molar-refractivity contribution in [3.63, 3.8) is 0 Å². The normalized spacial score (nSPS) is 13.5. The molecule has 1 atom stereocenters. The topological polar surface area (TPSA) is 75.2 Å². The lowest BCUT2D eigenvalue weighted by Crippen LogP contribution is -2.44. The van der Waals surface area contributed by atoms with Gasteiger partial charge in [-0.3, -0.25) is 4.99 Å². The van der Waals surface area contributed by atoms with E-state index in [1.165, 1.54) is 4.90 Å². The summed E-state index contributed by atoms with van der Waals surface area (Å²) >= 11 is 0. The van der Waals surface area contributed by atoms with Crippen molar-refractivity contribution >= 4 is 12.1 Å². The second-order valence-corrected chi connectivity index (χ2v) is 6.16. The number of amides is 1. The minimum absolute atomic E-state index is 0.159. The number of ether oxygens (including phenoxy) is 2. The molecule has 0 aliphatic carbocycles. The van der Waals surface area contributed by atoms with Gasteiger partial charge in [-0.05, 0) is 34.6 Å². The predicted octanol–water partition coefficient (Wildman–Crippen LogP) is 1.44. The van der Waals surface area contributed by atoms with Gasteiger partial charge in [0.1, 0.15) is 5.60 Å². The zero-order valence-electron chi connectivity index (χ0n) is 15.0. The molecule has 0 aromatic rings. The molecule has 0 aliphatic heterocycles. The van der Waals surface area contributed by atoms with Crippen LogP contribution in [0.5, 0.6) is 0 Å². The molecule has 0 rings (SSSR count). The van der Waals surface area contributed by atoms with Gasteiger partial charge in [0.2, 0.25) is 0 Å². The average Bonchev–Trinajstić information content (AvgIpc) is 2.36. The van der Waals surface area contributed by atoms with Crippen LogP contribution in [-0.4, -0.2) is 69.0 Å². The third-order valence-electron chi connectivity index (χ3n) is 2.55. The van der Waals surface area contributed by atoms with Crippen LogP contribution in [-0.2, 0) is 9.47 Å². The van der Waals surface area contributed by atoms with E-state index >= 15 is 0 Å². The lowest BCUT2D eigenvalue weighted by molar-refractivity contribution is 0.0304. The van der Waals surface area contributed by atoms with Crippen LogP contribution in [0.2, 0.25) is 0 Å². The molecule has 0 heterocycles. The third kappa shape index (κ3) is 10.3. The zero-order chi connectivity index (χ0) is 17.2. The Morgan fingerprint density at radius 3 is 2.50 bits per heavy atom. The first-order valence-corrected chi connectivity index (χ1v) is 7.67. The van der Waals surface area contributed by atoms with Gasteiger partial charge in [0.05, 0.1) is 13.2 Å². The van der Waals surface area contributed by atoms with Crippen LogP contribution in [0, 0.1) is 0 Å². The Kier molecular flexibility index (Phi) is 9.56. The Labute approximate surface area is 134 Å². The Morgan fingerprint density at radius 2 is 2.00 bits per heavy atom. The number of carbonyl (C=O) groups is 1. The molecule has 0 saturated carbocycles. The van der Waals surface area contributed by atoms with Crippen molar-refractivity contribution < 1.29 is 14.3 Å². The molecule has 1 amide bonds. The van der Waals surface area contributed by atoms with E-state index < -0.39 is 5.60 Å². The molecule has 2 N–H and O–H groups in total. The van der Waals surface area contributed by atoms with Gasteiger partial charge in [-0.15, -0.1) is 0 Å². The summed E-state index contributed by atoms with van der Waals surface area (Å²) in [6.45, 7) is 11.9. The van der Waals surface area contributed by atoms with Gasteiger partial charge >= 0.3 is 6.09 Å². The summed E-state index contributed by atoms with van der Waals surface area (Å²) < 4.78 is 10.4. The highest BCUT2D eigenvalue weighted by Gasteiger charge is 2.19. The van der Waals surface area contributed by atoms with Crippen LogP contribution >= 0.6 is 0 Å². The fourth-order valence-corrected chi connectivity index (χ4v) is 1.59. The fourth-order valence-electron chi connectivity index (χ4n) is 1.59. The SMILES string of the molecule is CCNC(=NCCN(C)C(=O)OC(C)(C)C)NC(C)COC. The molecule has 0 bridgehead atoms. The second-order valence-electron chi connectivity index (χ2n) is 6.16. The number of nitrogens with one attached hydrogen (secondary N) is 2. The minimum Gasteiger partial charge on any atom is -0.444 e. The summed E-state index contributed by atoms with van der Waals surface area (Å²) in [4.78, 5) is 17.8. The molecular formula is C15H32N4O3. The third-order valence-corrected chi connectivity index (χ3v) is 2.55. The molecule has 0 radical (unpaired) electrons.